The molecule has 0 saturated heterocycles. The van der Waals surface area contributed by atoms with Crippen LogP contribution in [0.1, 0.15) is 25.7 Å². The highest BCUT2D eigenvalue weighted by Gasteiger charge is 2.10. The standard InChI is InChI=1S/C10H14O/c1-9(8-11)7-10-5-3-2-4-6-10/h2-3,8,10H,1,4-7H2. The minimum Gasteiger partial charge on any atom is -0.298 e. The van der Waals surface area contributed by atoms with Gasteiger partial charge in [-0.25, -0.2) is 0 Å². The maximum atomic E-state index is 10.3. The predicted molar refractivity (Wildman–Crippen MR) is 46.3 cm³/mol. The van der Waals surface area contributed by atoms with E-state index in [0.29, 0.717) is 5.92 Å². The van der Waals surface area contributed by atoms with E-state index in [0.717, 1.165) is 31.1 Å². The fourth-order valence-corrected chi connectivity index (χ4v) is 1.46. The van der Waals surface area contributed by atoms with Crippen LogP contribution in [0.15, 0.2) is 24.3 Å². The molecule has 1 aliphatic rings. The van der Waals surface area contributed by atoms with E-state index in [4.69, 9.17) is 0 Å². The number of hydrogen-bond acceptors (Lipinski definition) is 1. The summed E-state index contributed by atoms with van der Waals surface area (Å²) in [6.45, 7) is 3.68. The molecule has 0 bridgehead atoms. The molecule has 0 saturated carbocycles. The molecule has 0 spiro atoms. The molecule has 0 fully saturated rings. The lowest BCUT2D eigenvalue weighted by Gasteiger charge is -2.16. The zero-order valence-electron chi connectivity index (χ0n) is 6.75. The second-order valence-electron chi connectivity index (χ2n) is 3.13. The average molecular weight is 150 g/mol. The van der Waals surface area contributed by atoms with Gasteiger partial charge in [-0.05, 0) is 37.2 Å². The summed E-state index contributed by atoms with van der Waals surface area (Å²) in [6, 6.07) is 0. The van der Waals surface area contributed by atoms with Gasteiger partial charge in [-0.3, -0.25) is 4.79 Å². The van der Waals surface area contributed by atoms with Gasteiger partial charge in [0.1, 0.15) is 6.29 Å². The quantitative estimate of drug-likeness (QED) is 0.343. The Balaban J connectivity index is 2.31. The van der Waals surface area contributed by atoms with Gasteiger partial charge in [0.2, 0.25) is 0 Å². The number of rotatable bonds is 3. The topological polar surface area (TPSA) is 17.1 Å². The SMILES string of the molecule is C=C(C=O)CC1CC=CCC1. The fraction of sp³-hybridized carbons (Fsp3) is 0.500. The van der Waals surface area contributed by atoms with Crippen molar-refractivity contribution in [1.82, 2.24) is 0 Å². The minimum atomic E-state index is 0.665. The molecule has 1 heteroatoms. The van der Waals surface area contributed by atoms with E-state index in [9.17, 15) is 4.79 Å². The number of aldehydes is 1. The molecular formula is C10H14O. The van der Waals surface area contributed by atoms with Crippen molar-refractivity contribution in [3.05, 3.63) is 24.3 Å². The summed E-state index contributed by atoms with van der Waals surface area (Å²) in [5.74, 6) is 0.665. The van der Waals surface area contributed by atoms with Crippen molar-refractivity contribution in [3.63, 3.8) is 0 Å². The van der Waals surface area contributed by atoms with Crippen LogP contribution >= 0.6 is 0 Å². The molecule has 0 aromatic heterocycles. The van der Waals surface area contributed by atoms with Gasteiger partial charge in [-0.15, -0.1) is 0 Å². The summed E-state index contributed by atoms with van der Waals surface area (Å²) in [4.78, 5) is 10.3. The van der Waals surface area contributed by atoms with Crippen LogP contribution in [0.5, 0.6) is 0 Å². The van der Waals surface area contributed by atoms with Gasteiger partial charge in [0.25, 0.3) is 0 Å². The molecule has 0 heterocycles. The van der Waals surface area contributed by atoms with Crippen molar-refractivity contribution in [3.8, 4) is 0 Å². The van der Waals surface area contributed by atoms with Gasteiger partial charge in [0.15, 0.2) is 0 Å². The van der Waals surface area contributed by atoms with Crippen LogP contribution in [-0.4, -0.2) is 6.29 Å². The van der Waals surface area contributed by atoms with Crippen LogP contribution in [0, 0.1) is 5.92 Å². The Morgan fingerprint density at radius 2 is 2.45 bits per heavy atom. The third-order valence-corrected chi connectivity index (χ3v) is 2.10. The summed E-state index contributed by atoms with van der Waals surface area (Å²) in [6.07, 6.45) is 9.66. The predicted octanol–water partition coefficient (Wildman–Crippen LogP) is 2.49. The highest BCUT2D eigenvalue weighted by Crippen LogP contribution is 2.23. The Morgan fingerprint density at radius 1 is 1.64 bits per heavy atom. The molecule has 0 amide bonds. The molecule has 0 aromatic rings. The Labute approximate surface area is 67.8 Å². The van der Waals surface area contributed by atoms with E-state index in [1.54, 1.807) is 0 Å². The van der Waals surface area contributed by atoms with Crippen molar-refractivity contribution in [1.29, 1.82) is 0 Å². The van der Waals surface area contributed by atoms with Crippen molar-refractivity contribution >= 4 is 6.29 Å². The largest absolute Gasteiger partial charge is 0.298 e. The van der Waals surface area contributed by atoms with E-state index in [2.05, 4.69) is 18.7 Å². The van der Waals surface area contributed by atoms with Gasteiger partial charge in [-0.2, -0.15) is 0 Å². The van der Waals surface area contributed by atoms with Gasteiger partial charge in [0, 0.05) is 0 Å². The van der Waals surface area contributed by atoms with Crippen molar-refractivity contribution in [2.24, 2.45) is 5.92 Å². The van der Waals surface area contributed by atoms with Crippen LogP contribution < -0.4 is 0 Å². The summed E-state index contributed by atoms with van der Waals surface area (Å²) in [5, 5.41) is 0. The van der Waals surface area contributed by atoms with Crippen LogP contribution in [0.2, 0.25) is 0 Å². The molecule has 0 aliphatic heterocycles. The second kappa shape index (κ2) is 4.12. The van der Waals surface area contributed by atoms with Crippen LogP contribution in [-0.2, 0) is 4.79 Å². The molecular weight excluding hydrogens is 136 g/mol. The molecule has 11 heavy (non-hydrogen) atoms. The Hall–Kier alpha value is -0.850. The first-order valence-electron chi connectivity index (χ1n) is 4.11. The van der Waals surface area contributed by atoms with Crippen LogP contribution in [0.25, 0.3) is 0 Å². The number of allylic oxidation sites excluding steroid dienone is 3. The minimum absolute atomic E-state index is 0.665. The lowest BCUT2D eigenvalue weighted by Crippen LogP contribution is -2.03. The number of carbonyl (C=O) groups is 1. The van der Waals surface area contributed by atoms with Crippen LogP contribution in [0.3, 0.4) is 0 Å². The molecule has 60 valence electrons. The highest BCUT2D eigenvalue weighted by molar-refractivity contribution is 5.71. The first kappa shape index (κ1) is 8.25. The van der Waals surface area contributed by atoms with Gasteiger partial charge >= 0.3 is 0 Å². The lowest BCUT2D eigenvalue weighted by molar-refractivity contribution is -0.105. The van der Waals surface area contributed by atoms with Crippen molar-refractivity contribution in [2.45, 2.75) is 25.7 Å². The zero-order chi connectivity index (χ0) is 8.10. The Morgan fingerprint density at radius 3 is 3.00 bits per heavy atom. The number of carbonyl (C=O) groups excluding carboxylic acids is 1. The number of hydrogen-bond donors (Lipinski definition) is 0. The summed E-state index contributed by atoms with van der Waals surface area (Å²) < 4.78 is 0. The highest BCUT2D eigenvalue weighted by atomic mass is 16.1. The molecule has 1 nitrogen and oxygen atoms in total. The second-order valence-corrected chi connectivity index (χ2v) is 3.13. The van der Waals surface area contributed by atoms with Gasteiger partial charge in [0.05, 0.1) is 0 Å². The monoisotopic (exact) mass is 150 g/mol. The molecule has 0 N–H and O–H groups in total. The third kappa shape index (κ3) is 2.71. The molecule has 1 atom stereocenters. The van der Waals surface area contributed by atoms with E-state index < -0.39 is 0 Å². The Kier molecular flexibility index (Phi) is 3.09. The van der Waals surface area contributed by atoms with E-state index in [1.807, 2.05) is 0 Å². The Bertz CT molecular complexity index is 179. The van der Waals surface area contributed by atoms with Gasteiger partial charge < -0.3 is 0 Å². The first-order valence-corrected chi connectivity index (χ1v) is 4.11. The molecule has 1 rings (SSSR count). The first-order chi connectivity index (χ1) is 5.33. The molecule has 0 radical (unpaired) electrons. The van der Waals surface area contributed by atoms with Crippen LogP contribution in [0.4, 0.5) is 0 Å². The van der Waals surface area contributed by atoms with Crippen molar-refractivity contribution < 1.29 is 4.79 Å². The third-order valence-electron chi connectivity index (χ3n) is 2.10. The molecule has 1 aliphatic carbocycles. The van der Waals surface area contributed by atoms with Crippen molar-refractivity contribution in [2.75, 3.05) is 0 Å². The maximum absolute atomic E-state index is 10.3. The van der Waals surface area contributed by atoms with E-state index in [1.165, 1.54) is 6.42 Å². The summed E-state index contributed by atoms with van der Waals surface area (Å²) in [5.41, 5.74) is 0.741. The summed E-state index contributed by atoms with van der Waals surface area (Å²) >= 11 is 0. The smallest absolute Gasteiger partial charge is 0.145 e. The zero-order valence-corrected chi connectivity index (χ0v) is 6.75. The lowest BCUT2D eigenvalue weighted by atomic mass is 9.89. The maximum Gasteiger partial charge on any atom is 0.145 e. The van der Waals surface area contributed by atoms with E-state index in [-0.39, 0.29) is 0 Å². The normalized spacial score (nSPS) is 23.1. The van der Waals surface area contributed by atoms with Gasteiger partial charge in [-0.1, -0.05) is 18.7 Å². The molecule has 0 aromatic carbocycles. The molecule has 1 unspecified atom stereocenters. The van der Waals surface area contributed by atoms with E-state index >= 15 is 0 Å². The average Bonchev–Trinajstić information content (AvgIpc) is 2.06. The fourth-order valence-electron chi connectivity index (χ4n) is 1.46. The summed E-state index contributed by atoms with van der Waals surface area (Å²) in [7, 11) is 0.